The molecule has 5 heterocycles. The number of rotatable bonds is 49. The van der Waals surface area contributed by atoms with Crippen molar-refractivity contribution in [1.82, 2.24) is 20.9 Å². The number of hydrogen-bond donors (Lipinski definition) is 6. The lowest BCUT2D eigenvalue weighted by Gasteiger charge is -2.27. The molecule has 0 aliphatic carbocycles. The Labute approximate surface area is 673 Å². The minimum Gasteiger partial charge on any atom is -0.493 e. The molecule has 5 aromatic carbocycles. The molecule has 5 aliphatic heterocycles. The molecule has 1 unspecified atom stereocenters. The van der Waals surface area contributed by atoms with Crippen LogP contribution in [0.2, 0.25) is 0 Å². The van der Waals surface area contributed by atoms with Crippen molar-refractivity contribution >= 4 is 91.9 Å². The van der Waals surface area contributed by atoms with Crippen LogP contribution in [0, 0.1) is 5.92 Å². The molecule has 0 bridgehead atoms. The van der Waals surface area contributed by atoms with Crippen molar-refractivity contribution < 1.29 is 118 Å². The first-order chi connectivity index (χ1) is 56.1. The maximum Gasteiger partial charge on any atom is 0.414 e. The largest absolute Gasteiger partial charge is 0.493 e. The molecule has 5 aromatic rings. The van der Waals surface area contributed by atoms with Gasteiger partial charge in [0.1, 0.15) is 18.7 Å². The summed E-state index contributed by atoms with van der Waals surface area (Å²) >= 11 is 0. The van der Waals surface area contributed by atoms with E-state index < -0.39 is 81.2 Å². The number of hydrogen-bond acceptors (Lipinski definition) is 25. The summed E-state index contributed by atoms with van der Waals surface area (Å²) in [6.45, 7) is 11.1. The van der Waals surface area contributed by atoms with Gasteiger partial charge in [0.15, 0.2) is 28.4 Å². The SMILES string of the molecule is COc1cc2c(cc1OCCCCCOc1cc3c(cc1OC)C(=O)N1c4ccccc4C[C@H]1CN3C(=O)OCc1ccc(NC(=O)[C@H](C)NC(=O)[C@@H](NC(=O)CCOCCOCCOCCOCCOCCOCCOCCOCCNC(=O)CCN3C(=O)C=CC3=O)C(C)C)cc1)NC(S(=O)(=O)O)[C@@H]1Cc3ccccc3N1C2=O. The van der Waals surface area contributed by atoms with E-state index >= 15 is 0 Å². The number of carbonyl (C=O) groups is 9. The van der Waals surface area contributed by atoms with Crippen LogP contribution in [0.1, 0.15) is 90.3 Å². The van der Waals surface area contributed by atoms with Crippen molar-refractivity contribution in [3.05, 3.63) is 137 Å². The summed E-state index contributed by atoms with van der Waals surface area (Å²) in [6, 6.07) is 24.2. The van der Waals surface area contributed by atoms with Gasteiger partial charge >= 0.3 is 6.09 Å². The number of nitrogens with one attached hydrogen (secondary N) is 5. The van der Waals surface area contributed by atoms with Gasteiger partial charge < -0.3 is 98.0 Å². The Balaban J connectivity index is 0.578. The standard InChI is InChI=1S/C81H103N9O25S/c1-53(2)75(86-72(92)24-29-105-31-33-107-35-37-109-39-41-111-43-44-112-42-40-110-38-36-108-34-32-106-30-25-82-71(91)23-26-87-73(93)21-22-74(87)94)77(96)83-54(3)76(95)84-58-19-17-55(18-20-58)52-115-81(99)88-51-59-45-56-13-7-9-15-63(56)89(59)80(98)61-48-68(104-5)70(50-65(61)88)114-28-12-6-11-27-113-69-49-62-60(47-67(69)103-4)79(97)90-64-16-10-8-14-57(64)46-66(90)78(85-62)116(100,101)102/h7-10,13-22,47-50,53-54,59,66,75,78,85H,6,11-12,23-46,51-52H2,1-5H3,(H,82,91)(H,83,96)(H,84,95)(H,86,92)(H,100,101,102)/t54-,59-,66-,75-,78?/m0/s1. The van der Waals surface area contributed by atoms with Crippen molar-refractivity contribution in [2.45, 2.75) is 102 Å². The molecule has 6 N–H and O–H groups in total. The Morgan fingerprint density at radius 1 is 0.543 bits per heavy atom. The van der Waals surface area contributed by atoms with E-state index in [1.54, 1.807) is 73.3 Å². The van der Waals surface area contributed by atoms with Crippen LogP contribution in [0.3, 0.4) is 0 Å². The zero-order valence-corrected chi connectivity index (χ0v) is 66.6. The first kappa shape index (κ1) is 88.0. The van der Waals surface area contributed by atoms with Gasteiger partial charge in [0.05, 0.1) is 174 Å². The lowest BCUT2D eigenvalue weighted by Crippen LogP contribution is -2.53. The van der Waals surface area contributed by atoms with Gasteiger partial charge in [-0.3, -0.25) is 52.7 Å². The number of imide groups is 1. The van der Waals surface area contributed by atoms with Crippen LogP contribution in [0.4, 0.5) is 33.2 Å². The van der Waals surface area contributed by atoms with E-state index in [4.69, 9.17) is 61.6 Å². The molecule has 5 atom stereocenters. The number of amides is 9. The monoisotopic (exact) mass is 1630 g/mol. The number of anilines is 5. The van der Waals surface area contributed by atoms with E-state index in [2.05, 4.69) is 26.6 Å². The maximum absolute atomic E-state index is 14.7. The molecule has 0 radical (unpaired) electrons. The van der Waals surface area contributed by atoms with Gasteiger partial charge in [0, 0.05) is 67.3 Å². The van der Waals surface area contributed by atoms with E-state index in [0.717, 1.165) is 21.7 Å². The summed E-state index contributed by atoms with van der Waals surface area (Å²) in [5.41, 5.74) is 4.75. The quantitative estimate of drug-likeness (QED) is 0.0152. The predicted octanol–water partition coefficient (Wildman–Crippen LogP) is 5.81. The summed E-state index contributed by atoms with van der Waals surface area (Å²) in [5, 5.41) is 12.3. The van der Waals surface area contributed by atoms with E-state index in [-0.39, 0.29) is 135 Å². The third kappa shape index (κ3) is 24.6. The fourth-order valence-corrected chi connectivity index (χ4v) is 14.4. The molecule has 34 nitrogen and oxygen atoms in total. The molecular weight excluding hydrogens is 1530 g/mol. The Bertz CT molecular complexity index is 4340. The van der Waals surface area contributed by atoms with Crippen LogP contribution < -0.4 is 60.2 Å². The highest BCUT2D eigenvalue weighted by Crippen LogP contribution is 2.45. The van der Waals surface area contributed by atoms with Gasteiger partial charge in [-0.15, -0.1) is 0 Å². The minimum atomic E-state index is -4.70. The fraction of sp³-hybridized carbons (Fsp3) is 0.494. The highest BCUT2D eigenvalue weighted by atomic mass is 32.2. The van der Waals surface area contributed by atoms with Crippen molar-refractivity contribution in [2.75, 3.05) is 178 Å². The van der Waals surface area contributed by atoms with Crippen LogP contribution >= 0.6 is 0 Å². The summed E-state index contributed by atoms with van der Waals surface area (Å²) in [6.07, 6.45) is 4.02. The van der Waals surface area contributed by atoms with Gasteiger partial charge in [-0.25, -0.2) is 4.79 Å². The van der Waals surface area contributed by atoms with E-state index in [1.807, 2.05) is 30.3 Å². The molecule has 0 fully saturated rings. The molecule has 9 amide bonds. The normalized spacial score (nSPS) is 16.4. The highest BCUT2D eigenvalue weighted by molar-refractivity contribution is 7.86. The summed E-state index contributed by atoms with van der Waals surface area (Å²) in [7, 11) is -1.81. The summed E-state index contributed by atoms with van der Waals surface area (Å²) in [4.78, 5) is 124. The van der Waals surface area contributed by atoms with Crippen LogP contribution in [-0.2, 0) is 101 Å². The zero-order chi connectivity index (χ0) is 82.5. The zero-order valence-electron chi connectivity index (χ0n) is 65.8. The number of fused-ring (bicyclic) bond motifs is 8. The van der Waals surface area contributed by atoms with E-state index in [0.29, 0.717) is 135 Å². The summed E-state index contributed by atoms with van der Waals surface area (Å²) in [5.74, 6) is -2.68. The summed E-state index contributed by atoms with van der Waals surface area (Å²) < 4.78 is 110. The second-order valence-corrected chi connectivity index (χ2v) is 29.5. The molecular formula is C81H103N9O25S. The third-order valence-electron chi connectivity index (χ3n) is 19.5. The van der Waals surface area contributed by atoms with Crippen molar-refractivity contribution in [1.29, 1.82) is 0 Å². The van der Waals surface area contributed by atoms with Gasteiger partial charge in [0.25, 0.3) is 33.7 Å². The van der Waals surface area contributed by atoms with Gasteiger partial charge in [-0.1, -0.05) is 62.4 Å². The topological polar surface area (TPSA) is 401 Å². The number of methoxy groups -OCH3 is 2. The smallest absolute Gasteiger partial charge is 0.414 e. The second-order valence-electron chi connectivity index (χ2n) is 27.9. The minimum absolute atomic E-state index is 0.0176. The Morgan fingerprint density at radius 2 is 1.06 bits per heavy atom. The van der Waals surface area contributed by atoms with Gasteiger partial charge in [-0.05, 0) is 98.0 Å². The Morgan fingerprint density at radius 3 is 1.62 bits per heavy atom. The molecule has 0 aromatic heterocycles. The van der Waals surface area contributed by atoms with E-state index in [9.17, 15) is 56.1 Å². The Hall–Kier alpha value is -10.3. The number of unbranched alkanes of at least 4 members (excludes halogenated alkanes) is 2. The van der Waals surface area contributed by atoms with Gasteiger partial charge in [0.2, 0.25) is 23.6 Å². The van der Waals surface area contributed by atoms with Crippen LogP contribution in [-0.4, -0.2) is 254 Å². The highest BCUT2D eigenvalue weighted by Gasteiger charge is 2.48. The molecule has 628 valence electrons. The van der Waals surface area contributed by atoms with Crippen LogP contribution in [0.25, 0.3) is 0 Å². The third-order valence-corrected chi connectivity index (χ3v) is 20.5. The van der Waals surface area contributed by atoms with E-state index in [1.165, 1.54) is 55.2 Å². The number of carbonyl (C=O) groups excluding carboxylic acids is 9. The fourth-order valence-electron chi connectivity index (χ4n) is 13.5. The lowest BCUT2D eigenvalue weighted by atomic mass is 10.0. The average Bonchev–Trinajstić information content (AvgIpc) is 1.59. The lowest BCUT2D eigenvalue weighted by molar-refractivity contribution is -0.137. The molecule has 116 heavy (non-hydrogen) atoms. The molecule has 0 saturated carbocycles. The van der Waals surface area contributed by atoms with Crippen molar-refractivity contribution in [2.24, 2.45) is 5.92 Å². The predicted molar refractivity (Wildman–Crippen MR) is 423 cm³/mol. The average molecular weight is 1630 g/mol. The number of para-hydroxylation sites is 2. The first-order valence-corrected chi connectivity index (χ1v) is 40.2. The van der Waals surface area contributed by atoms with Crippen LogP contribution in [0.15, 0.2) is 109 Å². The maximum atomic E-state index is 14.7. The molecule has 35 heteroatoms. The molecule has 0 saturated heterocycles. The number of nitrogens with zero attached hydrogens (tertiary/aromatic N) is 4. The van der Waals surface area contributed by atoms with Crippen molar-refractivity contribution in [3.8, 4) is 23.0 Å². The molecule has 5 aliphatic rings. The first-order valence-electron chi connectivity index (χ1n) is 38.7. The van der Waals surface area contributed by atoms with Crippen LogP contribution in [0.5, 0.6) is 23.0 Å². The van der Waals surface area contributed by atoms with Gasteiger partial charge in [-0.2, -0.15) is 8.42 Å². The van der Waals surface area contributed by atoms with Crippen molar-refractivity contribution in [3.63, 3.8) is 0 Å². The molecule has 0 spiro atoms. The Kier molecular flexibility index (Phi) is 33.5. The number of ether oxygens (including phenoxy) is 13. The number of benzene rings is 5. The molecule has 10 rings (SSSR count). The second kappa shape index (κ2) is 44.1.